The van der Waals surface area contributed by atoms with E-state index in [-0.39, 0.29) is 11.8 Å². The zero-order chi connectivity index (χ0) is 25.8. The second-order valence-electron chi connectivity index (χ2n) is 8.94. The Labute approximate surface area is 216 Å². The molecule has 2 aromatic carbocycles. The Balaban J connectivity index is 1.74. The average Bonchev–Trinajstić information content (AvgIpc) is 3.08. The minimum absolute atomic E-state index is 0.199. The van der Waals surface area contributed by atoms with Crippen LogP contribution in [0.5, 0.6) is 0 Å². The van der Waals surface area contributed by atoms with Crippen molar-refractivity contribution < 1.29 is 29.1 Å². The number of carboxylic acids is 1. The van der Waals surface area contributed by atoms with E-state index in [1.165, 1.54) is 5.71 Å². The van der Waals surface area contributed by atoms with Crippen LogP contribution in [0, 0.1) is 0 Å². The van der Waals surface area contributed by atoms with Crippen molar-refractivity contribution >= 4 is 41.3 Å². The molecule has 0 saturated heterocycles. The molecule has 36 heavy (non-hydrogen) atoms. The molecule has 0 spiro atoms. The molecule has 0 unspecified atom stereocenters. The molecule has 0 aromatic heterocycles. The Morgan fingerprint density at radius 2 is 1.92 bits per heavy atom. The monoisotopic (exact) mass is 509 g/mol. The fourth-order valence-electron chi connectivity index (χ4n) is 4.26. The topological polar surface area (TPSA) is 91.4 Å². The Bertz CT molecular complexity index is 1140. The molecule has 1 heterocycles. The smallest absolute Gasteiger partial charge is 0.303 e. The first-order valence-electron chi connectivity index (χ1n) is 12.0. The standard InChI is InChI=1S/C28H32N2O5S/c1-28(2)24-21-23(36-35-34-33)17-18-25(24)30(20-12-6-10-16-27(31)32)26(28)15-9-3-4-11-19-29-22-13-7-5-8-14-22/h3-5,7-9,13-15,17-19,21H,6,10-12,16,20H2,1-2H3,(H-,31,32,33)/p+1. The highest BCUT2D eigenvalue weighted by Crippen LogP contribution is 2.42. The van der Waals surface area contributed by atoms with Crippen LogP contribution >= 0.6 is 12.0 Å². The number of carboxylic acid groups (broad SMARTS) is 1. The molecule has 1 aliphatic rings. The molecule has 8 heteroatoms. The molecular weight excluding hydrogens is 476 g/mol. The Kier molecular flexibility index (Phi) is 10.6. The second kappa shape index (κ2) is 13.9. The summed E-state index contributed by atoms with van der Waals surface area (Å²) >= 11 is 0.947. The minimum Gasteiger partial charge on any atom is -0.481 e. The van der Waals surface area contributed by atoms with Gasteiger partial charge in [-0.25, -0.2) is 5.26 Å². The Morgan fingerprint density at radius 3 is 2.67 bits per heavy atom. The van der Waals surface area contributed by atoms with Gasteiger partial charge in [0, 0.05) is 48.1 Å². The lowest BCUT2D eigenvalue weighted by atomic mass is 9.81. The van der Waals surface area contributed by atoms with Crippen LogP contribution in [0.25, 0.3) is 0 Å². The highest BCUT2D eigenvalue weighted by molar-refractivity contribution is 7.94. The van der Waals surface area contributed by atoms with Gasteiger partial charge in [-0.1, -0.05) is 41.5 Å². The molecule has 2 N–H and O–H groups in total. The molecule has 0 aliphatic carbocycles. The van der Waals surface area contributed by atoms with Gasteiger partial charge in [0.2, 0.25) is 5.69 Å². The predicted molar refractivity (Wildman–Crippen MR) is 144 cm³/mol. The number of para-hydroxylation sites is 1. The van der Waals surface area contributed by atoms with Gasteiger partial charge in [-0.3, -0.25) is 9.79 Å². The number of hydrogen-bond acceptors (Lipinski definition) is 6. The van der Waals surface area contributed by atoms with Crippen LogP contribution in [0.1, 0.15) is 51.5 Å². The van der Waals surface area contributed by atoms with Crippen LogP contribution < -0.4 is 0 Å². The molecule has 0 atom stereocenters. The lowest BCUT2D eigenvalue weighted by Crippen LogP contribution is -2.28. The maximum atomic E-state index is 10.8. The van der Waals surface area contributed by atoms with Crippen molar-refractivity contribution in [2.45, 2.75) is 56.3 Å². The molecular formula is C28H33N2O5S+. The molecule has 7 nitrogen and oxygen atoms in total. The molecule has 190 valence electrons. The van der Waals surface area contributed by atoms with Crippen LogP contribution in [-0.2, 0) is 19.6 Å². The van der Waals surface area contributed by atoms with E-state index >= 15 is 0 Å². The van der Waals surface area contributed by atoms with Crippen molar-refractivity contribution in [2.24, 2.45) is 4.99 Å². The van der Waals surface area contributed by atoms with Crippen molar-refractivity contribution in [3.8, 4) is 0 Å². The number of allylic oxidation sites excluding steroid dienone is 4. The third-order valence-corrected chi connectivity index (χ3v) is 6.61. The third-order valence-electron chi connectivity index (χ3n) is 6.04. The molecule has 0 fully saturated rings. The molecule has 0 amide bonds. The second-order valence-corrected chi connectivity index (χ2v) is 9.72. The largest absolute Gasteiger partial charge is 0.481 e. The zero-order valence-electron chi connectivity index (χ0n) is 20.7. The molecule has 3 rings (SSSR count). The summed E-state index contributed by atoms with van der Waals surface area (Å²) in [5.74, 6) is -0.752. The molecule has 1 aliphatic heterocycles. The Hall–Kier alpha value is -3.04. The van der Waals surface area contributed by atoms with Crippen LogP contribution in [-0.4, -0.2) is 39.4 Å². The zero-order valence-corrected chi connectivity index (χ0v) is 21.5. The number of fused-ring (bicyclic) bond motifs is 1. The van der Waals surface area contributed by atoms with Crippen LogP contribution in [0.4, 0.5) is 11.4 Å². The maximum Gasteiger partial charge on any atom is 0.303 e. The maximum absolute atomic E-state index is 10.8. The van der Waals surface area contributed by atoms with E-state index in [2.05, 4.69) is 51.0 Å². The van der Waals surface area contributed by atoms with Gasteiger partial charge in [-0.05, 0) is 51.0 Å². The van der Waals surface area contributed by atoms with Crippen molar-refractivity contribution in [1.29, 1.82) is 0 Å². The van der Waals surface area contributed by atoms with Gasteiger partial charge in [-0.2, -0.15) is 4.58 Å². The summed E-state index contributed by atoms with van der Waals surface area (Å²) in [5, 5.41) is 21.2. The van der Waals surface area contributed by atoms with Crippen LogP contribution in [0.3, 0.4) is 0 Å². The van der Waals surface area contributed by atoms with E-state index in [9.17, 15) is 4.79 Å². The van der Waals surface area contributed by atoms with E-state index in [1.807, 2.05) is 60.8 Å². The van der Waals surface area contributed by atoms with Crippen molar-refractivity contribution in [3.05, 3.63) is 78.4 Å². The first-order chi connectivity index (χ1) is 17.4. The quantitative estimate of drug-likeness (QED) is 0.0540. The summed E-state index contributed by atoms with van der Waals surface area (Å²) in [5.41, 5.74) is 4.12. The van der Waals surface area contributed by atoms with Gasteiger partial charge in [0.15, 0.2) is 5.71 Å². The number of rotatable bonds is 14. The Morgan fingerprint density at radius 1 is 1.11 bits per heavy atom. The lowest BCUT2D eigenvalue weighted by Gasteiger charge is -2.15. The highest BCUT2D eigenvalue weighted by Gasteiger charge is 2.44. The number of unbranched alkanes of at least 4 members (excludes halogenated alkanes) is 2. The number of nitrogens with zero attached hydrogens (tertiary/aromatic N) is 2. The summed E-state index contributed by atoms with van der Waals surface area (Å²) < 4.78 is 6.94. The molecule has 0 bridgehead atoms. The third kappa shape index (κ3) is 7.73. The fourth-order valence-corrected chi connectivity index (χ4v) is 4.66. The van der Waals surface area contributed by atoms with Crippen molar-refractivity contribution in [3.63, 3.8) is 0 Å². The summed E-state index contributed by atoms with van der Waals surface area (Å²) in [7, 11) is 0. The van der Waals surface area contributed by atoms with Gasteiger partial charge in [0.1, 0.15) is 6.54 Å². The van der Waals surface area contributed by atoms with E-state index in [0.717, 1.165) is 59.7 Å². The van der Waals surface area contributed by atoms with Gasteiger partial charge in [0.05, 0.1) is 23.1 Å². The number of aliphatic carboxylic acids is 1. The number of benzene rings is 2. The average molecular weight is 510 g/mol. The number of aliphatic imine (C=N–C) groups is 1. The number of carbonyl (C=O) groups is 1. The molecule has 2 aromatic rings. The van der Waals surface area contributed by atoms with Crippen molar-refractivity contribution in [2.75, 3.05) is 6.54 Å². The van der Waals surface area contributed by atoms with E-state index in [0.29, 0.717) is 6.42 Å². The highest BCUT2D eigenvalue weighted by atomic mass is 32.2. The normalized spacial score (nSPS) is 15.0. The van der Waals surface area contributed by atoms with E-state index in [1.54, 1.807) is 0 Å². The SMILES string of the molecule is CC1(C)C(C=CC=CCC=Nc2ccccc2)=[N+](CCCCCC(=O)O)c2ccc(SOOO)cc21. The minimum atomic E-state index is -0.752. The van der Waals surface area contributed by atoms with Crippen LogP contribution in [0.2, 0.25) is 0 Å². The summed E-state index contributed by atoms with van der Waals surface area (Å²) in [6.45, 7) is 5.17. The van der Waals surface area contributed by atoms with Gasteiger partial charge in [0.25, 0.3) is 0 Å². The number of hydrogen-bond donors (Lipinski definition) is 2. The van der Waals surface area contributed by atoms with Gasteiger partial charge < -0.3 is 5.11 Å². The predicted octanol–water partition coefficient (Wildman–Crippen LogP) is 7.04. The van der Waals surface area contributed by atoms with Crippen LogP contribution in [0.15, 0.2) is 82.7 Å². The molecule has 0 radical (unpaired) electrons. The van der Waals surface area contributed by atoms with E-state index < -0.39 is 5.97 Å². The first-order valence-corrected chi connectivity index (χ1v) is 12.7. The summed E-state index contributed by atoms with van der Waals surface area (Å²) in [6, 6.07) is 15.9. The fraction of sp³-hybridized carbons (Fsp3) is 0.321. The summed E-state index contributed by atoms with van der Waals surface area (Å²) in [4.78, 5) is 16.1. The van der Waals surface area contributed by atoms with Gasteiger partial charge >= 0.3 is 5.97 Å². The first kappa shape index (κ1) is 27.5. The van der Waals surface area contributed by atoms with E-state index in [4.69, 9.17) is 10.4 Å². The molecule has 0 saturated carbocycles. The van der Waals surface area contributed by atoms with Crippen molar-refractivity contribution in [1.82, 2.24) is 0 Å². The van der Waals surface area contributed by atoms with Gasteiger partial charge in [-0.15, -0.1) is 4.33 Å². The summed E-state index contributed by atoms with van der Waals surface area (Å²) in [6.07, 6.45) is 13.5. The lowest BCUT2D eigenvalue weighted by molar-refractivity contribution is -0.438.